The normalized spacial score (nSPS) is 13.2. The number of pyridine rings is 1. The number of hydrogen-bond donors (Lipinski definition) is 2. The fraction of sp³-hybridized carbons (Fsp3) is 0.450. The van der Waals surface area contributed by atoms with E-state index in [9.17, 15) is 18.0 Å². The molecule has 2 aromatic heterocycles. The van der Waals surface area contributed by atoms with Gasteiger partial charge >= 0.3 is 18.2 Å². The maximum atomic E-state index is 12.5. The molecular formula is C20H25F3N6O3. The largest absolute Gasteiger partial charge is 0.490 e. The van der Waals surface area contributed by atoms with Gasteiger partial charge in [-0.15, -0.1) is 0 Å². The molecule has 0 saturated carbocycles. The number of hydrogen-bond acceptors (Lipinski definition) is 6. The summed E-state index contributed by atoms with van der Waals surface area (Å²) in [5.41, 5.74) is 3.20. The van der Waals surface area contributed by atoms with Crippen molar-refractivity contribution in [1.29, 1.82) is 0 Å². The lowest BCUT2D eigenvalue weighted by Gasteiger charge is -2.21. The fourth-order valence-corrected chi connectivity index (χ4v) is 2.98. The van der Waals surface area contributed by atoms with E-state index in [-0.39, 0.29) is 6.03 Å². The van der Waals surface area contributed by atoms with Gasteiger partial charge in [-0.1, -0.05) is 6.07 Å². The zero-order valence-corrected chi connectivity index (χ0v) is 17.8. The second kappa shape index (κ2) is 11.3. The Kier molecular flexibility index (Phi) is 8.73. The van der Waals surface area contributed by atoms with Gasteiger partial charge in [0.2, 0.25) is 0 Å². The second-order valence-corrected chi connectivity index (χ2v) is 6.95. The van der Waals surface area contributed by atoms with E-state index in [0.29, 0.717) is 19.6 Å². The molecule has 0 unspecified atom stereocenters. The number of alkyl halides is 3. The Labute approximate surface area is 183 Å². The molecule has 0 atom stereocenters. The van der Waals surface area contributed by atoms with Gasteiger partial charge in [-0.25, -0.2) is 19.6 Å². The van der Waals surface area contributed by atoms with Crippen LogP contribution in [0.1, 0.15) is 23.7 Å². The van der Waals surface area contributed by atoms with E-state index in [1.54, 1.807) is 18.7 Å². The van der Waals surface area contributed by atoms with Crippen LogP contribution in [0.25, 0.3) is 0 Å². The number of anilines is 1. The smallest absolute Gasteiger partial charge is 0.475 e. The minimum atomic E-state index is -5.08. The molecule has 2 N–H and O–H groups in total. The Morgan fingerprint density at radius 1 is 1.25 bits per heavy atom. The van der Waals surface area contributed by atoms with Gasteiger partial charge in [0.1, 0.15) is 12.1 Å². The number of carboxylic acid groups (broad SMARTS) is 1. The first kappa shape index (κ1) is 24.8. The van der Waals surface area contributed by atoms with Crippen LogP contribution in [0.15, 0.2) is 30.9 Å². The van der Waals surface area contributed by atoms with Gasteiger partial charge in [0, 0.05) is 57.6 Å². The molecule has 2 aromatic rings. The van der Waals surface area contributed by atoms with E-state index in [2.05, 4.69) is 32.1 Å². The quantitative estimate of drug-likeness (QED) is 0.729. The summed E-state index contributed by atoms with van der Waals surface area (Å²) in [5.74, 6) is -1.78. The molecule has 0 fully saturated rings. The zero-order chi connectivity index (χ0) is 23.7. The van der Waals surface area contributed by atoms with Crippen molar-refractivity contribution in [3.05, 3.63) is 47.7 Å². The van der Waals surface area contributed by atoms with Crippen molar-refractivity contribution >= 4 is 17.8 Å². The lowest BCUT2D eigenvalue weighted by molar-refractivity contribution is -0.192. The highest BCUT2D eigenvalue weighted by molar-refractivity contribution is 5.74. The molecule has 3 rings (SSSR count). The number of fused-ring (bicyclic) bond motifs is 1. The molecule has 174 valence electrons. The molecule has 0 aromatic carbocycles. The topological polar surface area (TPSA) is 112 Å². The van der Waals surface area contributed by atoms with Crippen molar-refractivity contribution < 1.29 is 27.9 Å². The van der Waals surface area contributed by atoms with Crippen molar-refractivity contribution in [1.82, 2.24) is 25.2 Å². The summed E-state index contributed by atoms with van der Waals surface area (Å²) in [6, 6.07) is 3.78. The summed E-state index contributed by atoms with van der Waals surface area (Å²) in [5, 5.41) is 10.1. The number of urea groups is 1. The van der Waals surface area contributed by atoms with Gasteiger partial charge < -0.3 is 20.2 Å². The number of nitrogens with one attached hydrogen (secondary N) is 1. The van der Waals surface area contributed by atoms with Crippen molar-refractivity contribution in [3.8, 4) is 0 Å². The Morgan fingerprint density at radius 2 is 1.94 bits per heavy atom. The maximum absolute atomic E-state index is 12.5. The van der Waals surface area contributed by atoms with E-state index in [4.69, 9.17) is 9.90 Å². The lowest BCUT2D eigenvalue weighted by Crippen LogP contribution is -2.41. The van der Waals surface area contributed by atoms with Crippen LogP contribution in [0.5, 0.6) is 0 Å². The first-order valence-electron chi connectivity index (χ1n) is 9.89. The molecule has 0 saturated heterocycles. The average Bonchev–Trinajstić information content (AvgIpc) is 3.00. The van der Waals surface area contributed by atoms with E-state index in [0.717, 1.165) is 42.0 Å². The van der Waals surface area contributed by atoms with Crippen molar-refractivity contribution in [2.75, 3.05) is 31.6 Å². The highest BCUT2D eigenvalue weighted by Gasteiger charge is 2.38. The molecule has 32 heavy (non-hydrogen) atoms. The number of aromatic nitrogens is 3. The van der Waals surface area contributed by atoms with Gasteiger partial charge in [-0.05, 0) is 25.0 Å². The molecular weight excluding hydrogens is 429 g/mol. The lowest BCUT2D eigenvalue weighted by atomic mass is 10.1. The predicted molar refractivity (Wildman–Crippen MR) is 110 cm³/mol. The number of nitrogens with zero attached hydrogens (tertiary/aromatic N) is 5. The average molecular weight is 454 g/mol. The number of carbonyl (C=O) groups is 2. The van der Waals surface area contributed by atoms with Crippen molar-refractivity contribution in [2.24, 2.45) is 0 Å². The number of carboxylic acids is 1. The molecule has 12 heteroatoms. The van der Waals surface area contributed by atoms with Crippen LogP contribution >= 0.6 is 0 Å². The van der Waals surface area contributed by atoms with Crippen molar-refractivity contribution in [3.63, 3.8) is 0 Å². The maximum Gasteiger partial charge on any atom is 0.490 e. The molecule has 0 radical (unpaired) electrons. The first-order chi connectivity index (χ1) is 15.1. The number of aliphatic carboxylic acids is 1. The van der Waals surface area contributed by atoms with Crippen LogP contribution in [0.4, 0.5) is 23.8 Å². The minimum Gasteiger partial charge on any atom is -0.475 e. The highest BCUT2D eigenvalue weighted by Crippen LogP contribution is 2.22. The summed E-state index contributed by atoms with van der Waals surface area (Å²) >= 11 is 0. The van der Waals surface area contributed by atoms with E-state index in [1.165, 1.54) is 0 Å². The SMILES string of the molecule is CCN(C)c1ncnc2c1CCN(C(=O)NCc1cccnc1)CC2.O=C(O)C(F)(F)F. The number of carbonyl (C=O) groups excluding carboxylic acids is 1. The van der Waals surface area contributed by atoms with E-state index >= 15 is 0 Å². The number of halogens is 3. The van der Waals surface area contributed by atoms with E-state index < -0.39 is 12.1 Å². The second-order valence-electron chi connectivity index (χ2n) is 6.95. The Balaban J connectivity index is 0.000000451. The summed E-state index contributed by atoms with van der Waals surface area (Å²) in [6.07, 6.45) is 1.56. The fourth-order valence-electron chi connectivity index (χ4n) is 2.98. The van der Waals surface area contributed by atoms with Gasteiger partial charge in [-0.2, -0.15) is 13.2 Å². The van der Waals surface area contributed by atoms with Crippen LogP contribution in [-0.4, -0.2) is 69.8 Å². The van der Waals surface area contributed by atoms with E-state index in [1.807, 2.05) is 24.1 Å². The summed E-state index contributed by atoms with van der Waals surface area (Å²) in [4.78, 5) is 38.3. The van der Waals surface area contributed by atoms with Crippen LogP contribution in [0.2, 0.25) is 0 Å². The third-order valence-corrected chi connectivity index (χ3v) is 4.79. The van der Waals surface area contributed by atoms with Crippen LogP contribution in [0.3, 0.4) is 0 Å². The van der Waals surface area contributed by atoms with Gasteiger partial charge in [-0.3, -0.25) is 4.98 Å². The summed E-state index contributed by atoms with van der Waals surface area (Å²) < 4.78 is 31.7. The number of rotatable bonds is 4. The molecule has 1 aliphatic heterocycles. The Bertz CT molecular complexity index is 911. The Hall–Kier alpha value is -3.44. The molecule has 0 aliphatic carbocycles. The third-order valence-electron chi connectivity index (χ3n) is 4.79. The zero-order valence-electron chi connectivity index (χ0n) is 17.8. The molecule has 0 bridgehead atoms. The summed E-state index contributed by atoms with van der Waals surface area (Å²) in [6.45, 7) is 4.81. The highest BCUT2D eigenvalue weighted by atomic mass is 19.4. The minimum absolute atomic E-state index is 0.0463. The molecule has 0 spiro atoms. The summed E-state index contributed by atoms with van der Waals surface area (Å²) in [7, 11) is 2.03. The molecule has 9 nitrogen and oxygen atoms in total. The van der Waals surface area contributed by atoms with Gasteiger partial charge in [0.25, 0.3) is 0 Å². The predicted octanol–water partition coefficient (Wildman–Crippen LogP) is 2.27. The van der Waals surface area contributed by atoms with Crippen LogP contribution in [0, 0.1) is 0 Å². The first-order valence-corrected chi connectivity index (χ1v) is 9.89. The monoisotopic (exact) mass is 454 g/mol. The molecule has 3 heterocycles. The molecule has 2 amide bonds. The van der Waals surface area contributed by atoms with Crippen LogP contribution < -0.4 is 10.2 Å². The van der Waals surface area contributed by atoms with Crippen LogP contribution in [-0.2, 0) is 24.2 Å². The number of amides is 2. The van der Waals surface area contributed by atoms with Crippen molar-refractivity contribution in [2.45, 2.75) is 32.5 Å². The Morgan fingerprint density at radius 3 is 2.53 bits per heavy atom. The van der Waals surface area contributed by atoms with Gasteiger partial charge in [0.05, 0.1) is 5.69 Å². The molecule has 1 aliphatic rings. The van der Waals surface area contributed by atoms with Gasteiger partial charge in [0.15, 0.2) is 0 Å². The standard InChI is InChI=1S/C18H24N6O.C2HF3O2/c1-3-23(2)17-15-6-9-24(10-7-16(15)21-13-22-17)18(25)20-12-14-5-4-8-19-11-14;3-2(4,5)1(6)7/h4-5,8,11,13H,3,6-7,9-10,12H2,1-2H3,(H,20,25);(H,6,7). The third kappa shape index (κ3) is 7.06.